The predicted molar refractivity (Wildman–Crippen MR) is 111 cm³/mol. The van der Waals surface area contributed by atoms with Crippen molar-refractivity contribution in [2.75, 3.05) is 39.2 Å². The molecule has 0 spiro atoms. The third-order valence-electron chi connectivity index (χ3n) is 5.15. The van der Waals surface area contributed by atoms with Gasteiger partial charge in [-0.15, -0.1) is 0 Å². The molecule has 2 heterocycles. The van der Waals surface area contributed by atoms with E-state index in [4.69, 9.17) is 14.0 Å². The van der Waals surface area contributed by atoms with Crippen molar-refractivity contribution in [3.05, 3.63) is 41.8 Å². The molecule has 1 aromatic heterocycles. The molecule has 0 unspecified atom stereocenters. The van der Waals surface area contributed by atoms with E-state index >= 15 is 0 Å². The van der Waals surface area contributed by atoms with Crippen LogP contribution in [0.4, 0.5) is 5.69 Å². The normalized spacial score (nSPS) is 23.0. The highest BCUT2D eigenvalue weighted by atomic mass is 16.5. The van der Waals surface area contributed by atoms with Gasteiger partial charge in [0.15, 0.2) is 0 Å². The molecule has 0 fully saturated rings. The first kappa shape index (κ1) is 21.8. The predicted octanol–water partition coefficient (Wildman–Crippen LogP) is 2.02. The molecule has 2 amide bonds. The number of rotatable bonds is 3. The Labute approximate surface area is 175 Å². The van der Waals surface area contributed by atoms with E-state index in [1.807, 2.05) is 6.92 Å². The van der Waals surface area contributed by atoms with Gasteiger partial charge in [-0.25, -0.2) is 0 Å². The van der Waals surface area contributed by atoms with Crippen molar-refractivity contribution in [1.29, 1.82) is 0 Å². The highest BCUT2D eigenvalue weighted by Gasteiger charge is 2.25. The van der Waals surface area contributed by atoms with Crippen LogP contribution in [0.25, 0.3) is 0 Å². The van der Waals surface area contributed by atoms with Gasteiger partial charge in [0.1, 0.15) is 12.4 Å². The van der Waals surface area contributed by atoms with Gasteiger partial charge in [-0.1, -0.05) is 12.1 Å². The molecule has 162 valence electrons. The maximum Gasteiger partial charge on any atom is 0.294 e. The average Bonchev–Trinajstić information content (AvgIpc) is 3.28. The molecule has 1 aliphatic rings. The third-order valence-corrected chi connectivity index (χ3v) is 5.15. The zero-order valence-corrected chi connectivity index (χ0v) is 17.7. The first-order valence-electron chi connectivity index (χ1n) is 9.89. The number of benzene rings is 1. The molecule has 9 heteroatoms. The third kappa shape index (κ3) is 5.17. The number of nitrogens with one attached hydrogen (secondary N) is 2. The lowest BCUT2D eigenvalue weighted by molar-refractivity contribution is 0.0281. The van der Waals surface area contributed by atoms with Crippen LogP contribution in [0.3, 0.4) is 0 Å². The van der Waals surface area contributed by atoms with Gasteiger partial charge in [-0.05, 0) is 25.0 Å². The summed E-state index contributed by atoms with van der Waals surface area (Å²) in [5, 5.41) is 9.70. The standard InChI is InChI=1S/C21H28N4O5/c1-13-10-22-14(2)12-29-18-9-15(24-20(26)17-7-8-23-30-17)5-6-16(18)21(27)25(3)11-19(13)28-4/h5-9,13-14,19,22H,10-12H2,1-4H3,(H,24,26)/t13-,14+,19+/m1/s1. The van der Waals surface area contributed by atoms with Gasteiger partial charge in [-0.2, -0.15) is 0 Å². The zero-order chi connectivity index (χ0) is 21.7. The second-order valence-corrected chi connectivity index (χ2v) is 7.60. The number of carbonyl (C=O) groups excluding carboxylic acids is 2. The van der Waals surface area contributed by atoms with Gasteiger partial charge in [-0.3, -0.25) is 9.59 Å². The van der Waals surface area contributed by atoms with Crippen LogP contribution in [-0.4, -0.2) is 67.9 Å². The number of likely N-dealkylation sites (N-methyl/N-ethyl adjacent to an activating group) is 1. The van der Waals surface area contributed by atoms with Crippen molar-refractivity contribution in [2.24, 2.45) is 5.92 Å². The number of hydrogen-bond acceptors (Lipinski definition) is 7. The van der Waals surface area contributed by atoms with Crippen LogP contribution >= 0.6 is 0 Å². The lowest BCUT2D eigenvalue weighted by Crippen LogP contribution is -2.44. The minimum atomic E-state index is -0.434. The van der Waals surface area contributed by atoms with E-state index in [2.05, 4.69) is 22.7 Å². The maximum absolute atomic E-state index is 13.1. The first-order valence-corrected chi connectivity index (χ1v) is 9.89. The summed E-state index contributed by atoms with van der Waals surface area (Å²) in [5.74, 6) is 0.111. The van der Waals surface area contributed by atoms with Crippen LogP contribution in [-0.2, 0) is 4.74 Å². The van der Waals surface area contributed by atoms with Crippen LogP contribution in [0.2, 0.25) is 0 Å². The number of carbonyl (C=O) groups is 2. The fourth-order valence-corrected chi connectivity index (χ4v) is 3.26. The molecule has 1 aromatic carbocycles. The fourth-order valence-electron chi connectivity index (χ4n) is 3.26. The average molecular weight is 416 g/mol. The maximum atomic E-state index is 13.1. The van der Waals surface area contributed by atoms with Gasteiger partial charge in [0.2, 0.25) is 5.76 Å². The monoisotopic (exact) mass is 416 g/mol. The molecule has 2 N–H and O–H groups in total. The van der Waals surface area contributed by atoms with Gasteiger partial charge in [0.05, 0.1) is 17.9 Å². The Balaban J connectivity index is 1.87. The van der Waals surface area contributed by atoms with Crippen LogP contribution in [0, 0.1) is 5.92 Å². The van der Waals surface area contributed by atoms with Crippen molar-refractivity contribution in [3.8, 4) is 5.75 Å². The molecule has 0 saturated carbocycles. The molecule has 30 heavy (non-hydrogen) atoms. The van der Waals surface area contributed by atoms with Crippen molar-refractivity contribution >= 4 is 17.5 Å². The summed E-state index contributed by atoms with van der Waals surface area (Å²) < 4.78 is 16.5. The van der Waals surface area contributed by atoms with Crippen molar-refractivity contribution in [3.63, 3.8) is 0 Å². The van der Waals surface area contributed by atoms with Crippen molar-refractivity contribution in [1.82, 2.24) is 15.4 Å². The topological polar surface area (TPSA) is 106 Å². The molecule has 0 bridgehead atoms. The number of amides is 2. The molecule has 3 atom stereocenters. The van der Waals surface area contributed by atoms with Crippen LogP contribution in [0.1, 0.15) is 34.8 Å². The lowest BCUT2D eigenvalue weighted by Gasteiger charge is -2.30. The summed E-state index contributed by atoms with van der Waals surface area (Å²) in [6.07, 6.45) is 1.30. The molecule has 9 nitrogen and oxygen atoms in total. The quantitative estimate of drug-likeness (QED) is 0.788. The van der Waals surface area contributed by atoms with Crippen LogP contribution in [0.15, 0.2) is 35.0 Å². The SMILES string of the molecule is CO[C@H]1CN(C)C(=O)c2ccc(NC(=O)c3ccno3)cc2OC[C@H](C)NC[C@H]1C. The van der Waals surface area contributed by atoms with E-state index in [1.165, 1.54) is 12.3 Å². The van der Waals surface area contributed by atoms with Gasteiger partial charge in [0, 0.05) is 51.1 Å². The summed E-state index contributed by atoms with van der Waals surface area (Å²) in [4.78, 5) is 27.0. The number of anilines is 1. The Kier molecular flexibility index (Phi) is 7.07. The number of nitrogens with zero attached hydrogens (tertiary/aromatic N) is 2. The smallest absolute Gasteiger partial charge is 0.294 e. The second-order valence-electron chi connectivity index (χ2n) is 7.60. The summed E-state index contributed by atoms with van der Waals surface area (Å²) in [5.41, 5.74) is 0.909. The number of hydrogen-bond donors (Lipinski definition) is 2. The molecule has 3 rings (SSSR count). The highest BCUT2D eigenvalue weighted by Crippen LogP contribution is 2.26. The summed E-state index contributed by atoms with van der Waals surface area (Å²) in [7, 11) is 3.40. The molecular weight excluding hydrogens is 388 g/mol. The summed E-state index contributed by atoms with van der Waals surface area (Å²) in [6.45, 7) is 5.68. The Hall–Kier alpha value is -2.91. The summed E-state index contributed by atoms with van der Waals surface area (Å²) in [6, 6.07) is 6.49. The first-order chi connectivity index (χ1) is 14.4. The molecule has 1 aliphatic heterocycles. The van der Waals surface area contributed by atoms with Gasteiger partial charge in [0.25, 0.3) is 11.8 Å². The van der Waals surface area contributed by atoms with E-state index in [9.17, 15) is 9.59 Å². The molecule has 0 aliphatic carbocycles. The number of ether oxygens (including phenoxy) is 2. The fraction of sp³-hybridized carbons (Fsp3) is 0.476. The minimum absolute atomic E-state index is 0.0671. The Morgan fingerprint density at radius 1 is 1.33 bits per heavy atom. The van der Waals surface area contributed by atoms with Crippen LogP contribution in [0.5, 0.6) is 5.75 Å². The van der Waals surface area contributed by atoms with E-state index < -0.39 is 5.91 Å². The van der Waals surface area contributed by atoms with Crippen LogP contribution < -0.4 is 15.4 Å². The molecule has 0 saturated heterocycles. The number of fused-ring (bicyclic) bond motifs is 1. The van der Waals surface area contributed by atoms with Gasteiger partial charge >= 0.3 is 0 Å². The highest BCUT2D eigenvalue weighted by molar-refractivity contribution is 6.03. The Morgan fingerprint density at radius 3 is 2.83 bits per heavy atom. The minimum Gasteiger partial charge on any atom is -0.491 e. The van der Waals surface area contributed by atoms with E-state index in [0.29, 0.717) is 30.2 Å². The molecule has 2 aromatic rings. The molecule has 0 radical (unpaired) electrons. The van der Waals surface area contributed by atoms with Crippen molar-refractivity contribution in [2.45, 2.75) is 26.0 Å². The largest absolute Gasteiger partial charge is 0.491 e. The molecular formula is C21H28N4O5. The lowest BCUT2D eigenvalue weighted by atomic mass is 10.0. The second kappa shape index (κ2) is 9.73. The summed E-state index contributed by atoms with van der Waals surface area (Å²) >= 11 is 0. The van der Waals surface area contributed by atoms with E-state index in [-0.39, 0.29) is 29.7 Å². The Morgan fingerprint density at radius 2 is 2.13 bits per heavy atom. The number of methoxy groups -OCH3 is 1. The van der Waals surface area contributed by atoms with E-state index in [0.717, 1.165) is 6.54 Å². The van der Waals surface area contributed by atoms with Crippen molar-refractivity contribution < 1.29 is 23.6 Å². The Bertz CT molecular complexity index is 870. The number of aromatic nitrogens is 1. The van der Waals surface area contributed by atoms with Gasteiger partial charge < -0.3 is 29.5 Å². The van der Waals surface area contributed by atoms with E-state index in [1.54, 1.807) is 37.3 Å². The zero-order valence-electron chi connectivity index (χ0n) is 17.7.